The van der Waals surface area contributed by atoms with Crippen molar-refractivity contribution in [3.63, 3.8) is 0 Å². The van der Waals surface area contributed by atoms with Gasteiger partial charge in [-0.3, -0.25) is 5.32 Å². The lowest BCUT2D eigenvalue weighted by Gasteiger charge is -2.20. The normalized spacial score (nSPS) is 12.7. The summed E-state index contributed by atoms with van der Waals surface area (Å²) in [7, 11) is 1.42. The number of hydrogen-bond donors (Lipinski definition) is 3. The Bertz CT molecular complexity index is 506. The summed E-state index contributed by atoms with van der Waals surface area (Å²) in [6.07, 6.45) is -0.845. The van der Waals surface area contributed by atoms with Crippen LogP contribution in [0.5, 0.6) is 11.5 Å². The molecule has 0 aliphatic rings. The van der Waals surface area contributed by atoms with Crippen LogP contribution in [0.2, 0.25) is 0 Å². The quantitative estimate of drug-likeness (QED) is 0.744. The molecule has 0 aliphatic carbocycles. The van der Waals surface area contributed by atoms with Gasteiger partial charge in [-0.25, -0.2) is 4.79 Å². The second-order valence-corrected chi connectivity index (χ2v) is 5.87. The van der Waals surface area contributed by atoms with Gasteiger partial charge in [0.15, 0.2) is 11.5 Å². The Morgan fingerprint density at radius 2 is 2.00 bits per heavy atom. The lowest BCUT2D eigenvalue weighted by Crippen LogP contribution is -2.27. The number of carbonyl (C=O) groups is 1. The van der Waals surface area contributed by atoms with Crippen molar-refractivity contribution in [2.45, 2.75) is 45.8 Å². The Hall–Kier alpha value is -1.95. The molecule has 0 aliphatic heterocycles. The third-order valence-corrected chi connectivity index (χ3v) is 2.52. The molecule has 6 nitrogen and oxygen atoms in total. The van der Waals surface area contributed by atoms with Crippen LogP contribution in [0.25, 0.3) is 0 Å². The molecule has 0 aromatic heterocycles. The first-order valence-electron chi connectivity index (χ1n) is 6.70. The monoisotopic (exact) mass is 297 g/mol. The van der Waals surface area contributed by atoms with Crippen LogP contribution in [0.15, 0.2) is 12.1 Å². The summed E-state index contributed by atoms with van der Waals surface area (Å²) >= 11 is 0. The van der Waals surface area contributed by atoms with Gasteiger partial charge in [0.2, 0.25) is 0 Å². The van der Waals surface area contributed by atoms with Crippen molar-refractivity contribution in [3.8, 4) is 11.5 Å². The van der Waals surface area contributed by atoms with Crippen molar-refractivity contribution in [2.24, 2.45) is 0 Å². The summed E-state index contributed by atoms with van der Waals surface area (Å²) in [6.45, 7) is 6.89. The number of aromatic hydroxyl groups is 1. The minimum Gasteiger partial charge on any atom is -0.503 e. The number of amides is 1. The number of carbonyl (C=O) groups excluding carboxylic acids is 1. The molecule has 21 heavy (non-hydrogen) atoms. The van der Waals surface area contributed by atoms with E-state index in [1.807, 2.05) is 0 Å². The Kier molecular flexibility index (Phi) is 5.43. The average molecular weight is 297 g/mol. The van der Waals surface area contributed by atoms with Crippen LogP contribution in [0.3, 0.4) is 0 Å². The van der Waals surface area contributed by atoms with E-state index in [0.717, 1.165) is 5.56 Å². The number of ether oxygens (including phenoxy) is 2. The van der Waals surface area contributed by atoms with E-state index >= 15 is 0 Å². The number of hydrogen-bond acceptors (Lipinski definition) is 5. The highest BCUT2D eigenvalue weighted by molar-refractivity contribution is 5.88. The van der Waals surface area contributed by atoms with Crippen LogP contribution in [0.1, 0.15) is 33.3 Å². The van der Waals surface area contributed by atoms with Gasteiger partial charge in [0.05, 0.1) is 18.9 Å². The molecule has 1 aromatic carbocycles. The molecule has 6 heteroatoms. The third-order valence-electron chi connectivity index (χ3n) is 2.52. The number of nitrogens with one attached hydrogen (secondary N) is 1. The molecule has 0 fully saturated rings. The molecule has 0 bridgehead atoms. The first-order chi connectivity index (χ1) is 9.62. The van der Waals surface area contributed by atoms with E-state index < -0.39 is 17.8 Å². The average Bonchev–Trinajstić information content (AvgIpc) is 2.29. The first kappa shape index (κ1) is 17.1. The maximum absolute atomic E-state index is 11.8. The number of phenolic OH excluding ortho intramolecular Hbond substituents is 1. The van der Waals surface area contributed by atoms with Gasteiger partial charge in [-0.05, 0) is 51.8 Å². The van der Waals surface area contributed by atoms with Gasteiger partial charge in [0.25, 0.3) is 0 Å². The molecule has 0 saturated carbocycles. The summed E-state index contributed by atoms with van der Waals surface area (Å²) in [5.74, 6) is 0.0388. The fourth-order valence-electron chi connectivity index (χ4n) is 1.79. The summed E-state index contributed by atoms with van der Waals surface area (Å²) in [6, 6.07) is 3.19. The molecule has 3 N–H and O–H groups in total. The lowest BCUT2D eigenvalue weighted by atomic mass is 10.1. The minimum absolute atomic E-state index is 0.180. The van der Waals surface area contributed by atoms with Crippen LogP contribution in [0, 0.1) is 0 Å². The van der Waals surface area contributed by atoms with Crippen molar-refractivity contribution in [1.29, 1.82) is 0 Å². The van der Waals surface area contributed by atoms with Crippen molar-refractivity contribution in [1.82, 2.24) is 0 Å². The van der Waals surface area contributed by atoms with Crippen molar-refractivity contribution in [3.05, 3.63) is 17.7 Å². The minimum atomic E-state index is -0.672. The summed E-state index contributed by atoms with van der Waals surface area (Å²) < 4.78 is 10.2. The van der Waals surface area contributed by atoms with E-state index in [-0.39, 0.29) is 17.2 Å². The maximum atomic E-state index is 11.8. The second-order valence-electron chi connectivity index (χ2n) is 5.87. The zero-order chi connectivity index (χ0) is 16.2. The topological polar surface area (TPSA) is 88.0 Å². The van der Waals surface area contributed by atoms with Gasteiger partial charge in [-0.2, -0.15) is 0 Å². The molecule has 0 saturated heterocycles. The highest BCUT2D eigenvalue weighted by Crippen LogP contribution is 2.36. The van der Waals surface area contributed by atoms with Gasteiger partial charge in [0, 0.05) is 0 Å². The van der Waals surface area contributed by atoms with Crippen LogP contribution in [-0.4, -0.2) is 35.1 Å². The van der Waals surface area contributed by atoms with Gasteiger partial charge in [0.1, 0.15) is 5.60 Å². The number of benzene rings is 1. The number of phenols is 1. The standard InChI is InChI=1S/C15H23NO5/c1-9(17)6-10-7-11(13(18)12(8-10)20-5)16-14(19)21-15(2,3)4/h7-9,17-18H,6H2,1-5H3,(H,16,19)/t9-/m0/s1. The maximum Gasteiger partial charge on any atom is 0.412 e. The highest BCUT2D eigenvalue weighted by Gasteiger charge is 2.19. The molecule has 0 heterocycles. The van der Waals surface area contributed by atoms with Crippen LogP contribution in [-0.2, 0) is 11.2 Å². The Morgan fingerprint density at radius 3 is 2.48 bits per heavy atom. The summed E-state index contributed by atoms with van der Waals surface area (Å²) in [4.78, 5) is 11.8. The summed E-state index contributed by atoms with van der Waals surface area (Å²) in [5.41, 5.74) is 0.269. The van der Waals surface area contributed by atoms with E-state index in [1.165, 1.54) is 7.11 Å². The smallest absolute Gasteiger partial charge is 0.412 e. The van der Waals surface area contributed by atoms with Gasteiger partial charge in [-0.15, -0.1) is 0 Å². The van der Waals surface area contributed by atoms with E-state index in [9.17, 15) is 15.0 Å². The second kappa shape index (κ2) is 6.67. The first-order valence-corrected chi connectivity index (χ1v) is 6.70. The van der Waals surface area contributed by atoms with Gasteiger partial charge >= 0.3 is 6.09 Å². The van der Waals surface area contributed by atoms with Crippen LogP contribution < -0.4 is 10.1 Å². The van der Waals surface area contributed by atoms with E-state index in [1.54, 1.807) is 39.8 Å². The van der Waals surface area contributed by atoms with E-state index in [4.69, 9.17) is 9.47 Å². The van der Waals surface area contributed by atoms with Crippen molar-refractivity contribution < 1.29 is 24.5 Å². The molecular weight excluding hydrogens is 274 g/mol. The molecule has 118 valence electrons. The SMILES string of the molecule is COc1cc(C[C@H](C)O)cc(NC(=O)OC(C)(C)C)c1O. The number of rotatable bonds is 4. The third kappa shape index (κ3) is 5.51. The molecule has 0 radical (unpaired) electrons. The number of aliphatic hydroxyl groups excluding tert-OH is 1. The highest BCUT2D eigenvalue weighted by atomic mass is 16.6. The molecule has 0 unspecified atom stereocenters. The lowest BCUT2D eigenvalue weighted by molar-refractivity contribution is 0.0635. The Labute approximate surface area is 124 Å². The van der Waals surface area contributed by atoms with Crippen LogP contribution in [0.4, 0.5) is 10.5 Å². The zero-order valence-electron chi connectivity index (χ0n) is 13.1. The molecule has 1 atom stereocenters. The van der Waals surface area contributed by atoms with Crippen molar-refractivity contribution in [2.75, 3.05) is 12.4 Å². The predicted molar refractivity (Wildman–Crippen MR) is 79.9 cm³/mol. The van der Waals surface area contributed by atoms with Gasteiger partial charge < -0.3 is 19.7 Å². The number of anilines is 1. The fraction of sp³-hybridized carbons (Fsp3) is 0.533. The molecule has 1 aromatic rings. The molecular formula is C15H23NO5. The Balaban J connectivity index is 3.02. The van der Waals surface area contributed by atoms with Gasteiger partial charge in [-0.1, -0.05) is 0 Å². The number of methoxy groups -OCH3 is 1. The van der Waals surface area contributed by atoms with E-state index in [0.29, 0.717) is 6.42 Å². The largest absolute Gasteiger partial charge is 0.503 e. The zero-order valence-corrected chi connectivity index (χ0v) is 13.1. The Morgan fingerprint density at radius 1 is 1.38 bits per heavy atom. The predicted octanol–water partition coefficient (Wildman–Crippen LogP) is 2.67. The van der Waals surface area contributed by atoms with Crippen LogP contribution >= 0.6 is 0 Å². The van der Waals surface area contributed by atoms with Crippen molar-refractivity contribution >= 4 is 11.8 Å². The number of aliphatic hydroxyl groups is 1. The molecule has 1 amide bonds. The van der Waals surface area contributed by atoms with E-state index in [2.05, 4.69) is 5.32 Å². The fourth-order valence-corrected chi connectivity index (χ4v) is 1.79. The summed E-state index contributed by atoms with van der Waals surface area (Å²) in [5, 5.41) is 22.0. The molecule has 1 rings (SSSR count). The molecule has 0 spiro atoms.